The largest absolute Gasteiger partial charge is 0.369 e. The fourth-order valence-electron chi connectivity index (χ4n) is 0.637. The quantitative estimate of drug-likeness (QED) is 0.532. The zero-order valence-electron chi connectivity index (χ0n) is 4.49. The molecule has 48 valence electrons. The smallest absolute Gasteiger partial charge is 0.127 e. The number of halogens is 2. The summed E-state index contributed by atoms with van der Waals surface area (Å²) in [6.07, 6.45) is 0.528. The molecule has 1 heterocycles. The molecule has 1 aliphatic heterocycles. The van der Waals surface area contributed by atoms with Crippen LogP contribution in [0.3, 0.4) is 0 Å². The molecular formula is C5H8F2O. The van der Waals surface area contributed by atoms with Gasteiger partial charge in [-0.05, 0) is 0 Å². The minimum Gasteiger partial charge on any atom is -0.369 e. The van der Waals surface area contributed by atoms with E-state index in [0.29, 0.717) is 13.0 Å². The molecule has 1 aliphatic rings. The SMILES string of the molecule is FCC1(CF)CCO1. The topological polar surface area (TPSA) is 9.23 Å². The Bertz CT molecular complexity index is 67.0. The molecule has 0 aromatic carbocycles. The molecule has 0 aromatic heterocycles. The van der Waals surface area contributed by atoms with Crippen LogP contribution in [0.15, 0.2) is 0 Å². The van der Waals surface area contributed by atoms with Crippen LogP contribution in [0.1, 0.15) is 6.42 Å². The fourth-order valence-corrected chi connectivity index (χ4v) is 0.637. The first-order valence-corrected chi connectivity index (χ1v) is 2.59. The van der Waals surface area contributed by atoms with E-state index in [1.165, 1.54) is 0 Å². The van der Waals surface area contributed by atoms with E-state index >= 15 is 0 Å². The molecule has 1 rings (SSSR count). The Morgan fingerprint density at radius 2 is 1.88 bits per heavy atom. The minimum absolute atomic E-state index is 0.508. The Morgan fingerprint density at radius 1 is 1.38 bits per heavy atom. The molecule has 0 saturated carbocycles. The maximum Gasteiger partial charge on any atom is 0.127 e. The van der Waals surface area contributed by atoms with Crippen molar-refractivity contribution in [3.8, 4) is 0 Å². The Labute approximate surface area is 46.6 Å². The second-order valence-electron chi connectivity index (χ2n) is 2.05. The maximum atomic E-state index is 11.7. The van der Waals surface area contributed by atoms with Gasteiger partial charge in [0.05, 0.1) is 6.61 Å². The molecule has 0 aliphatic carbocycles. The molecule has 1 fully saturated rings. The third-order valence-corrected chi connectivity index (χ3v) is 1.45. The number of hydrogen-bond acceptors (Lipinski definition) is 1. The van der Waals surface area contributed by atoms with E-state index < -0.39 is 19.0 Å². The lowest BCUT2D eigenvalue weighted by molar-refractivity contribution is -0.166. The molecule has 1 nitrogen and oxygen atoms in total. The van der Waals surface area contributed by atoms with Crippen LogP contribution in [0.5, 0.6) is 0 Å². The number of alkyl halides is 2. The lowest BCUT2D eigenvalue weighted by atomic mass is 9.99. The van der Waals surface area contributed by atoms with Crippen molar-refractivity contribution >= 4 is 0 Å². The highest BCUT2D eigenvalue weighted by Gasteiger charge is 2.38. The van der Waals surface area contributed by atoms with Gasteiger partial charge in [0.15, 0.2) is 0 Å². The summed E-state index contributed by atoms with van der Waals surface area (Å²) in [6, 6.07) is 0. The molecule has 8 heavy (non-hydrogen) atoms. The van der Waals surface area contributed by atoms with E-state index in [2.05, 4.69) is 4.74 Å². The van der Waals surface area contributed by atoms with Crippen LogP contribution < -0.4 is 0 Å². The average molecular weight is 122 g/mol. The molecule has 0 spiro atoms. The van der Waals surface area contributed by atoms with Gasteiger partial charge in [-0.3, -0.25) is 0 Å². The first-order chi connectivity index (χ1) is 3.83. The second-order valence-corrected chi connectivity index (χ2v) is 2.05. The summed E-state index contributed by atoms with van der Waals surface area (Å²) in [5, 5.41) is 0. The highest BCUT2D eigenvalue weighted by Crippen LogP contribution is 2.26. The normalized spacial score (nSPS) is 24.8. The van der Waals surface area contributed by atoms with Gasteiger partial charge in [0, 0.05) is 6.42 Å². The van der Waals surface area contributed by atoms with Crippen molar-refractivity contribution in [3.63, 3.8) is 0 Å². The van der Waals surface area contributed by atoms with Crippen LogP contribution in [0.2, 0.25) is 0 Å². The zero-order chi connectivity index (χ0) is 6.04. The maximum absolute atomic E-state index is 11.7. The highest BCUT2D eigenvalue weighted by molar-refractivity contribution is 4.86. The van der Waals surface area contributed by atoms with E-state index in [9.17, 15) is 8.78 Å². The Kier molecular flexibility index (Phi) is 1.47. The summed E-state index contributed by atoms with van der Waals surface area (Å²) >= 11 is 0. The second kappa shape index (κ2) is 1.97. The molecule has 0 unspecified atom stereocenters. The van der Waals surface area contributed by atoms with Crippen molar-refractivity contribution in [1.29, 1.82) is 0 Å². The van der Waals surface area contributed by atoms with Gasteiger partial charge in [-0.1, -0.05) is 0 Å². The van der Waals surface area contributed by atoms with Crippen molar-refractivity contribution in [2.45, 2.75) is 12.0 Å². The Morgan fingerprint density at radius 3 is 1.88 bits per heavy atom. The predicted octanol–water partition coefficient (Wildman–Crippen LogP) is 1.08. The lowest BCUT2D eigenvalue weighted by Gasteiger charge is -2.36. The third-order valence-electron chi connectivity index (χ3n) is 1.45. The molecule has 1 saturated heterocycles. The van der Waals surface area contributed by atoms with Gasteiger partial charge < -0.3 is 4.74 Å². The zero-order valence-corrected chi connectivity index (χ0v) is 4.49. The predicted molar refractivity (Wildman–Crippen MR) is 25.2 cm³/mol. The van der Waals surface area contributed by atoms with E-state index in [0.717, 1.165) is 0 Å². The number of rotatable bonds is 2. The molecule has 0 atom stereocenters. The van der Waals surface area contributed by atoms with Crippen LogP contribution in [-0.4, -0.2) is 25.6 Å². The molecule has 3 heteroatoms. The third kappa shape index (κ3) is 0.708. The molecule has 0 amide bonds. The van der Waals surface area contributed by atoms with E-state index in [4.69, 9.17) is 0 Å². The Balaban J connectivity index is 2.33. The Hall–Kier alpha value is -0.180. The van der Waals surface area contributed by atoms with Crippen LogP contribution in [0.25, 0.3) is 0 Å². The minimum atomic E-state index is -1.03. The van der Waals surface area contributed by atoms with Crippen LogP contribution in [0.4, 0.5) is 8.78 Å². The van der Waals surface area contributed by atoms with Crippen LogP contribution in [-0.2, 0) is 4.74 Å². The summed E-state index contributed by atoms with van der Waals surface area (Å²) < 4.78 is 28.1. The first kappa shape index (κ1) is 5.95. The van der Waals surface area contributed by atoms with Gasteiger partial charge in [0.2, 0.25) is 0 Å². The van der Waals surface area contributed by atoms with E-state index in [1.807, 2.05) is 0 Å². The van der Waals surface area contributed by atoms with Crippen molar-refractivity contribution < 1.29 is 13.5 Å². The van der Waals surface area contributed by atoms with Crippen LogP contribution >= 0.6 is 0 Å². The van der Waals surface area contributed by atoms with E-state index in [1.54, 1.807) is 0 Å². The summed E-state index contributed by atoms with van der Waals surface area (Å²) in [5.74, 6) is 0. The fraction of sp³-hybridized carbons (Fsp3) is 1.00. The van der Waals surface area contributed by atoms with Gasteiger partial charge in [-0.2, -0.15) is 0 Å². The monoisotopic (exact) mass is 122 g/mol. The van der Waals surface area contributed by atoms with Gasteiger partial charge >= 0.3 is 0 Å². The van der Waals surface area contributed by atoms with Crippen molar-refractivity contribution in [2.75, 3.05) is 20.0 Å². The van der Waals surface area contributed by atoms with Crippen LogP contribution in [0, 0.1) is 0 Å². The summed E-state index contributed by atoms with van der Waals surface area (Å²) in [5.41, 5.74) is -1.03. The molecule has 0 aromatic rings. The van der Waals surface area contributed by atoms with Gasteiger partial charge in [-0.15, -0.1) is 0 Å². The van der Waals surface area contributed by atoms with Gasteiger partial charge in [-0.25, -0.2) is 8.78 Å². The van der Waals surface area contributed by atoms with Crippen molar-refractivity contribution in [2.24, 2.45) is 0 Å². The molecule has 0 radical (unpaired) electrons. The molecule has 0 bridgehead atoms. The number of ether oxygens (including phenoxy) is 1. The summed E-state index contributed by atoms with van der Waals surface area (Å²) in [4.78, 5) is 0. The van der Waals surface area contributed by atoms with E-state index in [-0.39, 0.29) is 0 Å². The van der Waals surface area contributed by atoms with Crippen molar-refractivity contribution in [1.82, 2.24) is 0 Å². The average Bonchev–Trinajstić information content (AvgIpc) is 1.67. The van der Waals surface area contributed by atoms with Gasteiger partial charge in [0.25, 0.3) is 0 Å². The first-order valence-electron chi connectivity index (χ1n) is 2.59. The van der Waals surface area contributed by atoms with Crippen molar-refractivity contribution in [3.05, 3.63) is 0 Å². The summed E-state index contributed by atoms with van der Waals surface area (Å²) in [6.45, 7) is -0.874. The molecular weight excluding hydrogens is 114 g/mol. The number of hydrogen-bond donors (Lipinski definition) is 0. The molecule has 0 N–H and O–H groups in total. The summed E-state index contributed by atoms with van der Waals surface area (Å²) in [7, 11) is 0. The van der Waals surface area contributed by atoms with Gasteiger partial charge in [0.1, 0.15) is 19.0 Å². The highest BCUT2D eigenvalue weighted by atomic mass is 19.1. The lowest BCUT2D eigenvalue weighted by Crippen LogP contribution is -2.47. The standard InChI is InChI=1S/C5H8F2O/c6-3-5(4-7)1-2-8-5/h1-4H2.